The molecule has 15 aromatic rings. The van der Waals surface area contributed by atoms with Gasteiger partial charge in [-0.3, -0.25) is 19.5 Å². The highest BCUT2D eigenvalue weighted by molar-refractivity contribution is 6.13. The molecule has 8 aromatic heterocycles. The van der Waals surface area contributed by atoms with Crippen molar-refractivity contribution < 1.29 is 0 Å². The molecule has 0 radical (unpaired) electrons. The minimum atomic E-state index is 0.508. The van der Waals surface area contributed by atoms with E-state index in [2.05, 4.69) is 197 Å². The second-order valence-corrected chi connectivity index (χ2v) is 17.6. The molecule has 0 atom stereocenters. The van der Waals surface area contributed by atoms with E-state index in [0.29, 0.717) is 17.6 Å². The predicted molar refractivity (Wildman–Crippen MR) is 281 cm³/mol. The highest BCUT2D eigenvalue weighted by Crippen LogP contribution is 2.44. The third kappa shape index (κ3) is 5.49. The summed E-state index contributed by atoms with van der Waals surface area (Å²) in [5, 5.41) is 8.66. The first-order valence-corrected chi connectivity index (χ1v) is 23.3. The zero-order chi connectivity index (χ0) is 45.9. The average molecular weight is 897 g/mol. The fourth-order valence-electron chi connectivity index (χ4n) is 11.0. The third-order valence-corrected chi connectivity index (χ3v) is 13.9. The molecule has 0 unspecified atom stereocenters. The summed E-state index contributed by atoms with van der Waals surface area (Å²) in [6.45, 7) is 0. The summed E-state index contributed by atoms with van der Waals surface area (Å²) in [6.07, 6.45) is 11.5. The Balaban J connectivity index is 1.18. The van der Waals surface area contributed by atoms with Crippen LogP contribution in [-0.4, -0.2) is 48.2 Å². The van der Waals surface area contributed by atoms with Crippen LogP contribution in [0.15, 0.2) is 219 Å². The Labute approximate surface area is 398 Å². The van der Waals surface area contributed by atoms with Crippen molar-refractivity contribution in [1.82, 2.24) is 48.2 Å². The molecule has 0 aliphatic carbocycles. The lowest BCUT2D eigenvalue weighted by atomic mass is 10.1. The Morgan fingerprint density at radius 1 is 0.300 bits per heavy atom. The van der Waals surface area contributed by atoms with E-state index in [9.17, 15) is 0 Å². The number of para-hydroxylation sites is 5. The van der Waals surface area contributed by atoms with Crippen LogP contribution in [0.5, 0.6) is 0 Å². The molecule has 0 saturated carbocycles. The van der Waals surface area contributed by atoms with Crippen molar-refractivity contribution in [2.45, 2.75) is 0 Å². The van der Waals surface area contributed by atoms with Crippen molar-refractivity contribution in [3.63, 3.8) is 0 Å². The zero-order valence-corrected chi connectivity index (χ0v) is 37.3. The maximum absolute atomic E-state index is 5.67. The average Bonchev–Trinajstić information content (AvgIpc) is 4.16. The maximum Gasteiger partial charge on any atom is 0.238 e. The van der Waals surface area contributed by atoms with Crippen molar-refractivity contribution in [1.29, 1.82) is 0 Å². The Morgan fingerprint density at radius 2 is 0.700 bits per heavy atom. The number of hydrogen-bond donors (Lipinski definition) is 0. The van der Waals surface area contributed by atoms with Crippen LogP contribution >= 0.6 is 0 Å². The molecule has 326 valence electrons. The van der Waals surface area contributed by atoms with Gasteiger partial charge in [0.15, 0.2) is 11.6 Å². The number of hydrogen-bond acceptors (Lipinski definition) is 6. The zero-order valence-electron chi connectivity index (χ0n) is 37.3. The molecular formula is C60H36N10. The molecule has 10 nitrogen and oxygen atoms in total. The fourth-order valence-corrected chi connectivity index (χ4v) is 11.0. The third-order valence-electron chi connectivity index (χ3n) is 13.9. The van der Waals surface area contributed by atoms with E-state index in [-0.39, 0.29) is 0 Å². The molecule has 0 amide bonds. The standard InChI is InChI=1S/C60H36N10/c1-2-14-37(15-3-1)58-64-59(66-60(65-58)70-51-24-12-4-16-39(51)40-17-5-13-25-52(40)70)44-32-38(67-48-21-9-6-18-41(48)45-34-61-29-26-53(45)67)33-56(68-49-22-10-7-19-42(49)46-35-62-30-27-54(46)68)57(44)69-50-23-11-8-20-43(50)47-36-63-31-28-55(47)69/h1-36H. The second-order valence-electron chi connectivity index (χ2n) is 17.6. The summed E-state index contributed by atoms with van der Waals surface area (Å²) in [6, 6.07) is 63.8. The molecule has 0 bridgehead atoms. The lowest BCUT2D eigenvalue weighted by Crippen LogP contribution is -2.11. The predicted octanol–water partition coefficient (Wildman–Crippen LogP) is 13.8. The van der Waals surface area contributed by atoms with E-state index in [1.54, 1.807) is 0 Å². The van der Waals surface area contributed by atoms with Crippen molar-refractivity contribution in [3.05, 3.63) is 219 Å². The topological polar surface area (TPSA) is 97.1 Å². The van der Waals surface area contributed by atoms with Gasteiger partial charge in [-0.15, -0.1) is 0 Å². The van der Waals surface area contributed by atoms with Crippen molar-refractivity contribution in [2.24, 2.45) is 0 Å². The molecule has 0 fully saturated rings. The molecule has 15 rings (SSSR count). The van der Waals surface area contributed by atoms with Crippen LogP contribution < -0.4 is 0 Å². The largest absolute Gasteiger partial charge is 0.309 e. The first-order chi connectivity index (χ1) is 34.8. The first kappa shape index (κ1) is 38.3. The van der Waals surface area contributed by atoms with E-state index in [4.69, 9.17) is 15.0 Å². The van der Waals surface area contributed by atoms with E-state index >= 15 is 0 Å². The molecule has 0 saturated heterocycles. The number of pyridine rings is 3. The molecule has 7 aromatic carbocycles. The fraction of sp³-hybridized carbons (Fsp3) is 0. The Bertz CT molecular complexity index is 4400. The van der Waals surface area contributed by atoms with Gasteiger partial charge in [0.2, 0.25) is 5.95 Å². The number of rotatable bonds is 6. The summed E-state index contributed by atoms with van der Waals surface area (Å²) in [7, 11) is 0. The molecule has 0 N–H and O–H groups in total. The molecule has 0 aliphatic heterocycles. The van der Waals surface area contributed by atoms with Gasteiger partial charge >= 0.3 is 0 Å². The van der Waals surface area contributed by atoms with Gasteiger partial charge in [-0.1, -0.05) is 121 Å². The Morgan fingerprint density at radius 3 is 1.24 bits per heavy atom. The van der Waals surface area contributed by atoms with E-state index < -0.39 is 0 Å². The van der Waals surface area contributed by atoms with Crippen LogP contribution in [0.3, 0.4) is 0 Å². The molecule has 70 heavy (non-hydrogen) atoms. The normalized spacial score (nSPS) is 12.0. The molecular weight excluding hydrogens is 861 g/mol. The van der Waals surface area contributed by atoms with Gasteiger partial charge in [0.25, 0.3) is 0 Å². The SMILES string of the molecule is c1ccc(-c2nc(-c3cc(-n4c5ccccc5c5cnccc54)cc(-n4c5ccccc5c5cnccc54)c3-n3c4ccccc4c4cnccc43)nc(-n3c4ccccc4c4ccccc43)n2)cc1. The van der Waals surface area contributed by atoms with E-state index in [1.807, 2.05) is 55.4 Å². The van der Waals surface area contributed by atoms with Gasteiger partial charge in [0.05, 0.1) is 55.5 Å². The van der Waals surface area contributed by atoms with Crippen LogP contribution in [0.1, 0.15) is 0 Å². The smallest absolute Gasteiger partial charge is 0.238 e. The maximum atomic E-state index is 5.67. The quantitative estimate of drug-likeness (QED) is 0.165. The molecule has 0 spiro atoms. The molecule has 10 heteroatoms. The second kappa shape index (κ2) is 14.9. The number of fused-ring (bicyclic) bond motifs is 12. The monoisotopic (exact) mass is 896 g/mol. The highest BCUT2D eigenvalue weighted by Gasteiger charge is 2.28. The van der Waals surface area contributed by atoms with E-state index in [0.717, 1.165) is 115 Å². The molecule has 8 heterocycles. The summed E-state index contributed by atoms with van der Waals surface area (Å²) >= 11 is 0. The molecule has 0 aliphatic rings. The van der Waals surface area contributed by atoms with Gasteiger partial charge in [0, 0.05) is 97.1 Å². The van der Waals surface area contributed by atoms with Gasteiger partial charge in [-0.25, -0.2) is 4.98 Å². The van der Waals surface area contributed by atoms with Crippen molar-refractivity contribution in [3.8, 4) is 45.8 Å². The van der Waals surface area contributed by atoms with Crippen LogP contribution in [0.4, 0.5) is 0 Å². The minimum absolute atomic E-state index is 0.508. The Kier molecular flexibility index (Phi) is 8.13. The summed E-state index contributed by atoms with van der Waals surface area (Å²) in [5.74, 6) is 1.57. The van der Waals surface area contributed by atoms with Crippen molar-refractivity contribution in [2.75, 3.05) is 0 Å². The van der Waals surface area contributed by atoms with Gasteiger partial charge in [-0.2, -0.15) is 9.97 Å². The van der Waals surface area contributed by atoms with Crippen LogP contribution in [0.2, 0.25) is 0 Å². The lowest BCUT2D eigenvalue weighted by molar-refractivity contribution is 0.950. The summed E-state index contributed by atoms with van der Waals surface area (Å²) in [4.78, 5) is 30.6. The Hall–Kier alpha value is -9.80. The first-order valence-electron chi connectivity index (χ1n) is 23.3. The van der Waals surface area contributed by atoms with Crippen LogP contribution in [0, 0.1) is 0 Å². The number of nitrogens with zero attached hydrogens (tertiary/aromatic N) is 10. The lowest BCUT2D eigenvalue weighted by Gasteiger charge is -2.23. The number of benzene rings is 7. The van der Waals surface area contributed by atoms with Crippen molar-refractivity contribution >= 4 is 87.2 Å². The van der Waals surface area contributed by atoms with Crippen LogP contribution in [0.25, 0.3) is 133 Å². The highest BCUT2D eigenvalue weighted by atomic mass is 15.2. The summed E-state index contributed by atoms with van der Waals surface area (Å²) in [5.41, 5.74) is 12.6. The van der Waals surface area contributed by atoms with Gasteiger partial charge in [-0.05, 0) is 60.7 Å². The van der Waals surface area contributed by atoms with E-state index in [1.165, 1.54) is 0 Å². The van der Waals surface area contributed by atoms with Gasteiger partial charge < -0.3 is 13.7 Å². The minimum Gasteiger partial charge on any atom is -0.309 e. The van der Waals surface area contributed by atoms with Gasteiger partial charge in [0.1, 0.15) is 0 Å². The van der Waals surface area contributed by atoms with Crippen LogP contribution in [-0.2, 0) is 0 Å². The summed E-state index contributed by atoms with van der Waals surface area (Å²) < 4.78 is 9.30. The number of aromatic nitrogens is 10.